The first-order valence-electron chi connectivity index (χ1n) is 3.95. The first-order chi connectivity index (χ1) is 6.27. The Hall–Kier alpha value is -1.33. The van der Waals surface area contributed by atoms with Gasteiger partial charge in [0.1, 0.15) is 5.69 Å². The Morgan fingerprint density at radius 3 is 3.08 bits per heavy atom. The number of methoxy groups -OCH3 is 1. The van der Waals surface area contributed by atoms with Crippen molar-refractivity contribution in [3.63, 3.8) is 0 Å². The van der Waals surface area contributed by atoms with Crippen LogP contribution in [0.5, 0.6) is 0 Å². The highest BCUT2D eigenvalue weighted by molar-refractivity contribution is 5.91. The second-order valence-corrected chi connectivity index (χ2v) is 2.61. The van der Waals surface area contributed by atoms with E-state index in [1.54, 1.807) is 13.2 Å². The Morgan fingerprint density at radius 1 is 1.69 bits per heavy atom. The minimum atomic E-state index is -0.316. The number of hydrogen-bond acceptors (Lipinski definition) is 3. The van der Waals surface area contributed by atoms with Gasteiger partial charge in [0, 0.05) is 19.2 Å². The molecule has 1 amide bonds. The summed E-state index contributed by atoms with van der Waals surface area (Å²) in [5.74, 6) is 4.65. The summed E-state index contributed by atoms with van der Waals surface area (Å²) in [6.45, 7) is 0.629. The molecule has 13 heavy (non-hydrogen) atoms. The number of aromatic amines is 1. The Balaban J connectivity index is 2.58. The topological polar surface area (TPSA) is 80.1 Å². The second-order valence-electron chi connectivity index (χ2n) is 2.61. The predicted octanol–water partition coefficient (Wildman–Crippen LogP) is -0.193. The average molecular weight is 183 g/mol. The van der Waals surface area contributed by atoms with Gasteiger partial charge in [0.25, 0.3) is 5.91 Å². The van der Waals surface area contributed by atoms with Gasteiger partial charge >= 0.3 is 0 Å². The molecule has 1 heterocycles. The van der Waals surface area contributed by atoms with Gasteiger partial charge in [-0.2, -0.15) is 0 Å². The monoisotopic (exact) mass is 183 g/mol. The molecule has 0 saturated heterocycles. The number of aromatic nitrogens is 1. The summed E-state index contributed by atoms with van der Waals surface area (Å²) in [6.07, 6.45) is 0.758. The summed E-state index contributed by atoms with van der Waals surface area (Å²) in [6, 6.07) is 3.52. The van der Waals surface area contributed by atoms with E-state index in [1.165, 1.54) is 0 Å². The van der Waals surface area contributed by atoms with Crippen LogP contribution in [-0.4, -0.2) is 24.6 Å². The minimum Gasteiger partial charge on any atom is -0.384 e. The van der Waals surface area contributed by atoms with Crippen molar-refractivity contribution in [2.45, 2.75) is 6.42 Å². The molecule has 0 radical (unpaired) electrons. The molecule has 0 aliphatic heterocycles. The summed E-state index contributed by atoms with van der Waals surface area (Å²) < 4.78 is 4.90. The molecule has 0 atom stereocenters. The molecule has 72 valence electrons. The lowest BCUT2D eigenvalue weighted by molar-refractivity contribution is 0.0949. The molecule has 5 nitrogen and oxygen atoms in total. The van der Waals surface area contributed by atoms with Crippen LogP contribution in [0.4, 0.5) is 0 Å². The van der Waals surface area contributed by atoms with E-state index < -0.39 is 0 Å². The van der Waals surface area contributed by atoms with E-state index in [0.717, 1.165) is 12.1 Å². The number of hydrazine groups is 1. The molecule has 0 bridgehead atoms. The average Bonchev–Trinajstić information content (AvgIpc) is 2.62. The molecule has 1 aromatic rings. The van der Waals surface area contributed by atoms with E-state index in [2.05, 4.69) is 4.98 Å². The lowest BCUT2D eigenvalue weighted by atomic mass is 10.3. The largest absolute Gasteiger partial charge is 0.384 e. The van der Waals surface area contributed by atoms with Gasteiger partial charge < -0.3 is 9.72 Å². The lowest BCUT2D eigenvalue weighted by Gasteiger charge is -1.96. The molecule has 0 aromatic carbocycles. The molecule has 0 aliphatic carbocycles. The highest BCUT2D eigenvalue weighted by Gasteiger charge is 2.05. The van der Waals surface area contributed by atoms with E-state index in [0.29, 0.717) is 12.3 Å². The van der Waals surface area contributed by atoms with Crippen LogP contribution in [0, 0.1) is 0 Å². The molecule has 0 fully saturated rings. The number of carbonyl (C=O) groups is 1. The number of H-pyrrole nitrogens is 1. The number of ether oxygens (including phenoxy) is 1. The standard InChI is InChI=1S/C8H13N3O2/c1-13-5-4-6-2-3-7(10-6)8(12)11-9/h2-3,10H,4-5,9H2,1H3,(H,11,12). The van der Waals surface area contributed by atoms with Crippen LogP contribution in [0.25, 0.3) is 0 Å². The molecule has 0 aliphatic rings. The Morgan fingerprint density at radius 2 is 2.46 bits per heavy atom. The lowest BCUT2D eigenvalue weighted by Crippen LogP contribution is -2.30. The summed E-state index contributed by atoms with van der Waals surface area (Å²) in [4.78, 5) is 13.9. The van der Waals surface area contributed by atoms with Crippen molar-refractivity contribution in [2.24, 2.45) is 5.84 Å². The Kier molecular flexibility index (Phi) is 3.48. The van der Waals surface area contributed by atoms with E-state index >= 15 is 0 Å². The number of nitrogen functional groups attached to an aromatic ring is 1. The SMILES string of the molecule is COCCc1ccc(C(=O)NN)[nH]1. The van der Waals surface area contributed by atoms with Crippen molar-refractivity contribution in [3.8, 4) is 0 Å². The van der Waals surface area contributed by atoms with Gasteiger partial charge in [0.2, 0.25) is 0 Å². The number of amides is 1. The van der Waals surface area contributed by atoms with Crippen molar-refractivity contribution in [1.82, 2.24) is 10.4 Å². The van der Waals surface area contributed by atoms with Crippen LogP contribution >= 0.6 is 0 Å². The van der Waals surface area contributed by atoms with Gasteiger partial charge in [-0.15, -0.1) is 0 Å². The maximum Gasteiger partial charge on any atom is 0.281 e. The Bertz CT molecular complexity index is 283. The molecule has 0 saturated carbocycles. The first-order valence-corrected chi connectivity index (χ1v) is 3.95. The summed E-state index contributed by atoms with van der Waals surface area (Å²) in [5.41, 5.74) is 3.47. The third-order valence-electron chi connectivity index (χ3n) is 1.70. The second kappa shape index (κ2) is 4.64. The number of carbonyl (C=O) groups excluding carboxylic acids is 1. The fourth-order valence-corrected chi connectivity index (χ4v) is 1.01. The minimum absolute atomic E-state index is 0.316. The van der Waals surface area contributed by atoms with Crippen LogP contribution in [-0.2, 0) is 11.2 Å². The maximum atomic E-state index is 11.0. The van der Waals surface area contributed by atoms with Gasteiger partial charge in [0.05, 0.1) is 6.61 Å². The smallest absolute Gasteiger partial charge is 0.281 e. The highest BCUT2D eigenvalue weighted by atomic mass is 16.5. The van der Waals surface area contributed by atoms with E-state index in [4.69, 9.17) is 10.6 Å². The zero-order valence-electron chi connectivity index (χ0n) is 7.46. The van der Waals surface area contributed by atoms with Crippen LogP contribution in [0.3, 0.4) is 0 Å². The number of nitrogens with two attached hydrogens (primary N) is 1. The van der Waals surface area contributed by atoms with Gasteiger partial charge in [-0.25, -0.2) is 5.84 Å². The fraction of sp³-hybridized carbons (Fsp3) is 0.375. The van der Waals surface area contributed by atoms with E-state index in [-0.39, 0.29) is 5.91 Å². The van der Waals surface area contributed by atoms with Crippen molar-refractivity contribution in [3.05, 3.63) is 23.5 Å². The van der Waals surface area contributed by atoms with Crippen LogP contribution in [0.1, 0.15) is 16.2 Å². The quantitative estimate of drug-likeness (QED) is 0.344. The van der Waals surface area contributed by atoms with Crippen molar-refractivity contribution in [1.29, 1.82) is 0 Å². The van der Waals surface area contributed by atoms with Crippen LogP contribution in [0.15, 0.2) is 12.1 Å². The van der Waals surface area contributed by atoms with Gasteiger partial charge in [0.15, 0.2) is 0 Å². The molecule has 5 heteroatoms. The molecule has 0 spiro atoms. The number of nitrogens with one attached hydrogen (secondary N) is 2. The van der Waals surface area contributed by atoms with E-state index in [1.807, 2.05) is 11.5 Å². The zero-order chi connectivity index (χ0) is 9.68. The molecule has 0 unspecified atom stereocenters. The van der Waals surface area contributed by atoms with Crippen molar-refractivity contribution >= 4 is 5.91 Å². The van der Waals surface area contributed by atoms with Crippen LogP contribution in [0.2, 0.25) is 0 Å². The van der Waals surface area contributed by atoms with Gasteiger partial charge in [-0.05, 0) is 12.1 Å². The third-order valence-corrected chi connectivity index (χ3v) is 1.70. The van der Waals surface area contributed by atoms with Crippen molar-refractivity contribution in [2.75, 3.05) is 13.7 Å². The van der Waals surface area contributed by atoms with Crippen LogP contribution < -0.4 is 11.3 Å². The maximum absolute atomic E-state index is 11.0. The number of hydrogen-bond donors (Lipinski definition) is 3. The van der Waals surface area contributed by atoms with Crippen molar-refractivity contribution < 1.29 is 9.53 Å². The summed E-state index contributed by atoms with van der Waals surface area (Å²) >= 11 is 0. The summed E-state index contributed by atoms with van der Waals surface area (Å²) in [7, 11) is 1.64. The molecular formula is C8H13N3O2. The van der Waals surface area contributed by atoms with E-state index in [9.17, 15) is 4.79 Å². The fourth-order valence-electron chi connectivity index (χ4n) is 1.01. The predicted molar refractivity (Wildman–Crippen MR) is 48.0 cm³/mol. The van der Waals surface area contributed by atoms with Gasteiger partial charge in [-0.3, -0.25) is 10.2 Å². The third kappa shape index (κ3) is 2.57. The molecular weight excluding hydrogens is 170 g/mol. The Labute approximate surface area is 76.2 Å². The summed E-state index contributed by atoms with van der Waals surface area (Å²) in [5, 5.41) is 0. The number of rotatable bonds is 4. The molecule has 1 aromatic heterocycles. The molecule has 4 N–H and O–H groups in total. The first kappa shape index (κ1) is 9.76. The normalized spacial score (nSPS) is 10.0. The van der Waals surface area contributed by atoms with Gasteiger partial charge in [-0.1, -0.05) is 0 Å². The zero-order valence-corrected chi connectivity index (χ0v) is 7.46. The molecule has 1 rings (SSSR count). The highest BCUT2D eigenvalue weighted by Crippen LogP contribution is 2.02.